The van der Waals surface area contributed by atoms with Crippen molar-refractivity contribution in [1.29, 1.82) is 0 Å². The highest BCUT2D eigenvalue weighted by Crippen LogP contribution is 2.24. The van der Waals surface area contributed by atoms with E-state index < -0.39 is 12.1 Å². The second-order valence-electron chi connectivity index (χ2n) is 12.9. The van der Waals surface area contributed by atoms with Crippen LogP contribution in [0.1, 0.15) is 85.9 Å². The fraction of sp³-hybridized carbons (Fsp3) is 0.486. The number of carboxylic acid groups (broad SMARTS) is 1. The number of aromatic nitrogens is 1. The number of benzene rings is 2. The van der Waals surface area contributed by atoms with Crippen LogP contribution < -0.4 is 5.32 Å². The molecule has 0 saturated carbocycles. The summed E-state index contributed by atoms with van der Waals surface area (Å²) in [6, 6.07) is 18.1. The molecule has 12 heteroatoms. The van der Waals surface area contributed by atoms with E-state index in [1.807, 2.05) is 41.3 Å². The molecule has 2 heterocycles. The van der Waals surface area contributed by atoms with Crippen LogP contribution in [0.5, 0.6) is 0 Å². The molecule has 1 atom stereocenters. The zero-order chi connectivity index (χ0) is 34.8. The first-order valence-electron chi connectivity index (χ1n) is 15.8. The molecule has 256 valence electrons. The highest BCUT2D eigenvalue weighted by atomic mass is 19.4. The van der Waals surface area contributed by atoms with E-state index in [4.69, 9.17) is 14.4 Å². The van der Waals surface area contributed by atoms with Crippen molar-refractivity contribution in [3.05, 3.63) is 83.2 Å². The standard InChI is InChI=1S/C33H44N4O3.C2HF3O2/c1-6-18-37(23-25-15-19-36(20-16-25)32(39)30-14-17-34-40-30)24(2)21-26-8-7-9-29(22-26)35-31(38)27-10-12-28(13-11-27)33(3,4)5;3-2(4,5)1(6)7/h7-14,17,22,24-25H,6,15-16,18-21,23H2,1-5H3,(H,35,38);(H,6,7). The highest BCUT2D eigenvalue weighted by Gasteiger charge is 2.38. The molecule has 1 aliphatic rings. The molecular formula is C35H45F3N4O5. The van der Waals surface area contributed by atoms with Gasteiger partial charge in [-0.25, -0.2) is 4.79 Å². The second kappa shape index (κ2) is 16.6. The summed E-state index contributed by atoms with van der Waals surface area (Å²) >= 11 is 0. The lowest BCUT2D eigenvalue weighted by Gasteiger charge is -2.37. The highest BCUT2D eigenvalue weighted by molar-refractivity contribution is 6.04. The first-order valence-corrected chi connectivity index (χ1v) is 15.8. The molecule has 1 saturated heterocycles. The topological polar surface area (TPSA) is 116 Å². The molecule has 1 unspecified atom stereocenters. The lowest BCUT2D eigenvalue weighted by Crippen LogP contribution is -2.44. The van der Waals surface area contributed by atoms with Gasteiger partial charge in [0.25, 0.3) is 11.8 Å². The van der Waals surface area contributed by atoms with Crippen molar-refractivity contribution in [3.8, 4) is 0 Å². The van der Waals surface area contributed by atoms with Crippen LogP contribution in [0, 0.1) is 5.92 Å². The zero-order valence-electron chi connectivity index (χ0n) is 27.6. The summed E-state index contributed by atoms with van der Waals surface area (Å²) in [5.41, 5.74) is 3.96. The molecule has 2 amide bonds. The number of nitrogens with one attached hydrogen (secondary N) is 1. The van der Waals surface area contributed by atoms with Gasteiger partial charge >= 0.3 is 12.1 Å². The quantitative estimate of drug-likeness (QED) is 0.240. The molecule has 0 radical (unpaired) electrons. The van der Waals surface area contributed by atoms with Gasteiger partial charge in [-0.3, -0.25) is 9.59 Å². The number of alkyl halides is 3. The van der Waals surface area contributed by atoms with Crippen LogP contribution in [-0.2, 0) is 16.6 Å². The minimum Gasteiger partial charge on any atom is -0.475 e. The predicted molar refractivity (Wildman–Crippen MR) is 173 cm³/mol. The van der Waals surface area contributed by atoms with E-state index in [1.165, 1.54) is 17.3 Å². The molecule has 0 spiro atoms. The predicted octanol–water partition coefficient (Wildman–Crippen LogP) is 7.05. The molecular weight excluding hydrogens is 613 g/mol. The van der Waals surface area contributed by atoms with Gasteiger partial charge in [-0.15, -0.1) is 0 Å². The molecule has 47 heavy (non-hydrogen) atoms. The van der Waals surface area contributed by atoms with Crippen LogP contribution in [0.25, 0.3) is 0 Å². The van der Waals surface area contributed by atoms with Gasteiger partial charge in [0.1, 0.15) is 0 Å². The maximum Gasteiger partial charge on any atom is 0.490 e. The number of piperidine rings is 1. The summed E-state index contributed by atoms with van der Waals surface area (Å²) in [6.07, 6.45) is 0.416. The molecule has 0 aliphatic carbocycles. The Hall–Kier alpha value is -4.19. The van der Waals surface area contributed by atoms with Crippen LogP contribution in [-0.4, -0.2) is 76.2 Å². The second-order valence-corrected chi connectivity index (χ2v) is 12.9. The summed E-state index contributed by atoms with van der Waals surface area (Å²) in [6.45, 7) is 14.6. The molecule has 9 nitrogen and oxygen atoms in total. The molecule has 2 N–H and O–H groups in total. The number of rotatable bonds is 10. The van der Waals surface area contributed by atoms with Gasteiger partial charge < -0.3 is 24.7 Å². The molecule has 1 fully saturated rings. The number of nitrogens with zero attached hydrogens (tertiary/aromatic N) is 3. The number of hydrogen-bond acceptors (Lipinski definition) is 6. The summed E-state index contributed by atoms with van der Waals surface area (Å²) in [7, 11) is 0. The first kappa shape index (κ1) is 37.3. The third-order valence-electron chi connectivity index (χ3n) is 8.15. The lowest BCUT2D eigenvalue weighted by molar-refractivity contribution is -0.192. The average molecular weight is 659 g/mol. The Balaban J connectivity index is 0.000000771. The Labute approximate surface area is 274 Å². The Kier molecular flexibility index (Phi) is 13.1. The molecule has 3 aromatic rings. The van der Waals surface area contributed by atoms with Gasteiger partial charge in [0.2, 0.25) is 5.76 Å². The number of anilines is 1. The van der Waals surface area contributed by atoms with Crippen LogP contribution in [0.15, 0.2) is 65.3 Å². The Bertz CT molecular complexity index is 1450. The molecule has 1 aliphatic heterocycles. The molecule has 2 aromatic carbocycles. The molecule has 1 aromatic heterocycles. The third-order valence-corrected chi connectivity index (χ3v) is 8.15. The van der Waals surface area contributed by atoms with Gasteiger partial charge in [0.05, 0.1) is 6.20 Å². The van der Waals surface area contributed by atoms with E-state index in [-0.39, 0.29) is 17.2 Å². The van der Waals surface area contributed by atoms with Gasteiger partial charge in [-0.05, 0) is 85.9 Å². The summed E-state index contributed by atoms with van der Waals surface area (Å²) in [4.78, 5) is 38.8. The largest absolute Gasteiger partial charge is 0.490 e. The minimum absolute atomic E-state index is 0.0559. The van der Waals surface area contributed by atoms with Crippen molar-refractivity contribution in [2.75, 3.05) is 31.5 Å². The number of aliphatic carboxylic acids is 1. The SMILES string of the molecule is CCCN(CC1CCN(C(=O)c2ccno2)CC1)C(C)Cc1cccc(NC(=O)c2ccc(C(C)(C)C)cc2)c1.O=C(O)C(F)(F)F. The summed E-state index contributed by atoms with van der Waals surface area (Å²) < 4.78 is 36.8. The maximum absolute atomic E-state index is 12.9. The fourth-order valence-corrected chi connectivity index (χ4v) is 5.48. The molecule has 0 bridgehead atoms. The van der Waals surface area contributed by atoms with Gasteiger partial charge in [-0.1, -0.05) is 57.1 Å². The van der Waals surface area contributed by atoms with Crippen LogP contribution in [0.2, 0.25) is 0 Å². The van der Waals surface area contributed by atoms with Crippen molar-refractivity contribution in [3.63, 3.8) is 0 Å². The van der Waals surface area contributed by atoms with Crippen molar-refractivity contribution in [2.24, 2.45) is 5.92 Å². The summed E-state index contributed by atoms with van der Waals surface area (Å²) in [5, 5.41) is 13.9. The maximum atomic E-state index is 12.9. The van der Waals surface area contributed by atoms with Crippen LogP contribution in [0.4, 0.5) is 18.9 Å². The minimum atomic E-state index is -5.08. The van der Waals surface area contributed by atoms with E-state index in [0.29, 0.717) is 23.3 Å². The smallest absolute Gasteiger partial charge is 0.475 e. The number of likely N-dealkylation sites (tertiary alicyclic amines) is 1. The number of hydrogen-bond donors (Lipinski definition) is 2. The Morgan fingerprint density at radius 3 is 2.23 bits per heavy atom. The Morgan fingerprint density at radius 1 is 1.06 bits per heavy atom. The summed E-state index contributed by atoms with van der Waals surface area (Å²) in [5.74, 6) is -2.04. The first-order chi connectivity index (χ1) is 22.1. The monoisotopic (exact) mass is 658 g/mol. The van der Waals surface area contributed by atoms with Crippen molar-refractivity contribution in [1.82, 2.24) is 15.0 Å². The number of amides is 2. The normalized spacial score (nSPS) is 14.7. The van der Waals surface area contributed by atoms with Crippen molar-refractivity contribution in [2.45, 2.75) is 77.9 Å². The van der Waals surface area contributed by atoms with E-state index in [0.717, 1.165) is 57.5 Å². The van der Waals surface area contributed by atoms with Crippen molar-refractivity contribution < 1.29 is 37.2 Å². The lowest BCUT2D eigenvalue weighted by atomic mass is 9.87. The zero-order valence-corrected chi connectivity index (χ0v) is 27.6. The van der Waals surface area contributed by atoms with Crippen molar-refractivity contribution >= 4 is 23.5 Å². The van der Waals surface area contributed by atoms with Gasteiger partial charge in [0, 0.05) is 43.0 Å². The fourth-order valence-electron chi connectivity index (χ4n) is 5.48. The number of carbonyl (C=O) groups excluding carboxylic acids is 2. The third kappa shape index (κ3) is 11.5. The Morgan fingerprint density at radius 2 is 1.70 bits per heavy atom. The number of carbonyl (C=O) groups is 3. The number of carboxylic acids is 1. The average Bonchev–Trinajstić information content (AvgIpc) is 3.56. The van der Waals surface area contributed by atoms with Crippen LogP contribution in [0.3, 0.4) is 0 Å². The van der Waals surface area contributed by atoms with Crippen LogP contribution >= 0.6 is 0 Å². The van der Waals surface area contributed by atoms with Gasteiger partial charge in [-0.2, -0.15) is 13.2 Å². The van der Waals surface area contributed by atoms with E-state index in [9.17, 15) is 22.8 Å². The van der Waals surface area contributed by atoms with E-state index in [2.05, 4.69) is 62.1 Å². The van der Waals surface area contributed by atoms with E-state index >= 15 is 0 Å². The van der Waals surface area contributed by atoms with Gasteiger partial charge in [0.15, 0.2) is 0 Å². The van der Waals surface area contributed by atoms with E-state index in [1.54, 1.807) is 6.07 Å². The number of halogens is 3. The molecule has 4 rings (SSSR count).